The summed E-state index contributed by atoms with van der Waals surface area (Å²) in [5, 5.41) is 11.5. The van der Waals surface area contributed by atoms with Gasteiger partial charge in [-0.2, -0.15) is 9.57 Å². The summed E-state index contributed by atoms with van der Waals surface area (Å²) >= 11 is 0. The number of rotatable bonds is 11. The SMILES string of the molecule is COc1ccc(S(=O)(=O)N(CCc2ccccc2)CC(=O)Nc2ccc(CC#N)cc2)cc1OC. The number of hydrogen-bond acceptors (Lipinski definition) is 6. The molecule has 0 heterocycles. The smallest absolute Gasteiger partial charge is 0.243 e. The molecule has 0 radical (unpaired) electrons. The second kappa shape index (κ2) is 12.0. The molecule has 1 amide bonds. The minimum absolute atomic E-state index is 0.00290. The zero-order chi connectivity index (χ0) is 25.3. The fraction of sp³-hybridized carbons (Fsp3) is 0.231. The molecule has 3 rings (SSSR count). The molecule has 0 fully saturated rings. The van der Waals surface area contributed by atoms with Gasteiger partial charge in [0.2, 0.25) is 15.9 Å². The Kier molecular flexibility index (Phi) is 8.84. The molecule has 8 nitrogen and oxygen atoms in total. The van der Waals surface area contributed by atoms with Crippen molar-refractivity contribution >= 4 is 21.6 Å². The number of nitrogens with zero attached hydrogens (tertiary/aromatic N) is 2. The number of nitrogens with one attached hydrogen (secondary N) is 1. The number of ether oxygens (including phenoxy) is 2. The van der Waals surface area contributed by atoms with E-state index in [0.29, 0.717) is 17.9 Å². The summed E-state index contributed by atoms with van der Waals surface area (Å²) in [6.45, 7) is -0.265. The van der Waals surface area contributed by atoms with E-state index in [-0.39, 0.29) is 30.2 Å². The van der Waals surface area contributed by atoms with Gasteiger partial charge in [0.25, 0.3) is 0 Å². The third-order valence-electron chi connectivity index (χ3n) is 5.33. The third kappa shape index (κ3) is 6.82. The van der Waals surface area contributed by atoms with Crippen LogP contribution in [0.1, 0.15) is 11.1 Å². The summed E-state index contributed by atoms with van der Waals surface area (Å²) in [5.74, 6) is 0.202. The molecule has 0 aromatic heterocycles. The van der Waals surface area contributed by atoms with Crippen LogP contribution >= 0.6 is 0 Å². The van der Waals surface area contributed by atoms with Gasteiger partial charge in [-0.1, -0.05) is 42.5 Å². The van der Waals surface area contributed by atoms with Crippen LogP contribution in [0.25, 0.3) is 0 Å². The van der Waals surface area contributed by atoms with E-state index in [9.17, 15) is 13.2 Å². The highest BCUT2D eigenvalue weighted by Gasteiger charge is 2.27. The molecule has 1 N–H and O–H groups in total. The Hall–Kier alpha value is -3.87. The van der Waals surface area contributed by atoms with E-state index in [1.165, 1.54) is 32.4 Å². The first-order chi connectivity index (χ1) is 16.9. The van der Waals surface area contributed by atoms with Crippen molar-refractivity contribution in [2.75, 3.05) is 32.6 Å². The fourth-order valence-corrected chi connectivity index (χ4v) is 4.88. The first-order valence-corrected chi connectivity index (χ1v) is 12.3. The zero-order valence-electron chi connectivity index (χ0n) is 19.6. The minimum Gasteiger partial charge on any atom is -0.493 e. The maximum Gasteiger partial charge on any atom is 0.243 e. The molecule has 9 heteroatoms. The highest BCUT2D eigenvalue weighted by atomic mass is 32.2. The van der Waals surface area contributed by atoms with Crippen molar-refractivity contribution in [1.29, 1.82) is 5.26 Å². The highest BCUT2D eigenvalue weighted by Crippen LogP contribution is 2.30. The molecular formula is C26H27N3O5S. The van der Waals surface area contributed by atoms with Crippen LogP contribution in [-0.2, 0) is 27.7 Å². The van der Waals surface area contributed by atoms with Crippen LogP contribution in [0.4, 0.5) is 5.69 Å². The van der Waals surface area contributed by atoms with Crippen LogP contribution in [-0.4, -0.2) is 45.9 Å². The first kappa shape index (κ1) is 25.7. The lowest BCUT2D eigenvalue weighted by atomic mass is 10.1. The lowest BCUT2D eigenvalue weighted by Gasteiger charge is -2.22. The average Bonchev–Trinajstić information content (AvgIpc) is 2.87. The van der Waals surface area contributed by atoms with Crippen molar-refractivity contribution in [2.24, 2.45) is 0 Å². The quantitative estimate of drug-likeness (QED) is 0.437. The monoisotopic (exact) mass is 493 g/mol. The Bertz CT molecular complexity index is 1290. The summed E-state index contributed by atoms with van der Waals surface area (Å²) in [4.78, 5) is 12.8. The summed E-state index contributed by atoms with van der Waals surface area (Å²) in [6, 6.07) is 22.7. The van der Waals surface area contributed by atoms with Crippen LogP contribution in [0.15, 0.2) is 77.7 Å². The average molecular weight is 494 g/mol. The van der Waals surface area contributed by atoms with E-state index in [2.05, 4.69) is 11.4 Å². The van der Waals surface area contributed by atoms with Crippen LogP contribution in [0.3, 0.4) is 0 Å². The molecule has 35 heavy (non-hydrogen) atoms. The molecule has 0 saturated carbocycles. The van der Waals surface area contributed by atoms with Crippen molar-refractivity contribution in [3.8, 4) is 17.6 Å². The number of sulfonamides is 1. The third-order valence-corrected chi connectivity index (χ3v) is 7.17. The van der Waals surface area contributed by atoms with Crippen LogP contribution in [0.2, 0.25) is 0 Å². The standard InChI is InChI=1S/C26H27N3O5S/c1-33-24-13-12-23(18-25(24)34-2)35(31,32)29(17-15-20-6-4-3-5-7-20)19-26(30)28-22-10-8-21(9-11-22)14-16-27/h3-13,18H,14-15,17,19H2,1-2H3,(H,28,30). The number of benzene rings is 3. The first-order valence-electron chi connectivity index (χ1n) is 10.9. The van der Waals surface area contributed by atoms with Crippen molar-refractivity contribution in [2.45, 2.75) is 17.7 Å². The Labute approximate surface area is 205 Å². The Morgan fingerprint density at radius 2 is 1.63 bits per heavy atom. The van der Waals surface area contributed by atoms with Gasteiger partial charge in [0.15, 0.2) is 11.5 Å². The predicted octanol–water partition coefficient (Wildman–Crippen LogP) is 3.64. The van der Waals surface area contributed by atoms with Crippen molar-refractivity contribution < 1.29 is 22.7 Å². The number of carbonyl (C=O) groups excluding carboxylic acids is 1. The molecule has 0 bridgehead atoms. The Morgan fingerprint density at radius 3 is 2.26 bits per heavy atom. The Morgan fingerprint density at radius 1 is 0.943 bits per heavy atom. The largest absolute Gasteiger partial charge is 0.493 e. The predicted molar refractivity (Wildman–Crippen MR) is 133 cm³/mol. The van der Waals surface area contributed by atoms with E-state index in [1.54, 1.807) is 24.3 Å². The van der Waals surface area contributed by atoms with Crippen molar-refractivity contribution in [1.82, 2.24) is 4.31 Å². The van der Waals surface area contributed by atoms with E-state index >= 15 is 0 Å². The van der Waals surface area contributed by atoms with Gasteiger partial charge < -0.3 is 14.8 Å². The molecular weight excluding hydrogens is 466 g/mol. The number of anilines is 1. The van der Waals surface area contributed by atoms with Crippen molar-refractivity contribution in [3.63, 3.8) is 0 Å². The summed E-state index contributed by atoms with van der Waals surface area (Å²) in [5.41, 5.74) is 2.29. The maximum atomic E-state index is 13.5. The molecule has 0 aliphatic rings. The molecule has 0 spiro atoms. The normalized spacial score (nSPS) is 11.0. The van der Waals surface area contributed by atoms with Gasteiger partial charge in [0.05, 0.1) is 38.1 Å². The molecule has 0 atom stereocenters. The molecule has 3 aromatic rings. The molecule has 0 saturated heterocycles. The Balaban J connectivity index is 1.83. The van der Waals surface area contributed by atoms with Gasteiger partial charge in [0, 0.05) is 18.3 Å². The van der Waals surface area contributed by atoms with Gasteiger partial charge in [0.1, 0.15) is 0 Å². The van der Waals surface area contributed by atoms with Crippen molar-refractivity contribution in [3.05, 3.63) is 83.9 Å². The number of carbonyl (C=O) groups is 1. The number of methoxy groups -OCH3 is 2. The highest BCUT2D eigenvalue weighted by molar-refractivity contribution is 7.89. The number of nitriles is 1. The van der Waals surface area contributed by atoms with Gasteiger partial charge >= 0.3 is 0 Å². The molecule has 0 aliphatic carbocycles. The van der Waals surface area contributed by atoms with E-state index < -0.39 is 15.9 Å². The lowest BCUT2D eigenvalue weighted by molar-refractivity contribution is -0.116. The van der Waals surface area contributed by atoms with Crippen LogP contribution in [0.5, 0.6) is 11.5 Å². The summed E-state index contributed by atoms with van der Waals surface area (Å²) in [7, 11) is -1.13. The van der Waals surface area contributed by atoms with Gasteiger partial charge in [-0.15, -0.1) is 0 Å². The van der Waals surface area contributed by atoms with Crippen LogP contribution in [0, 0.1) is 11.3 Å². The van der Waals surface area contributed by atoms with E-state index in [0.717, 1.165) is 15.4 Å². The zero-order valence-corrected chi connectivity index (χ0v) is 20.4. The molecule has 182 valence electrons. The van der Waals surface area contributed by atoms with Crippen LogP contribution < -0.4 is 14.8 Å². The summed E-state index contributed by atoms with van der Waals surface area (Å²) in [6.07, 6.45) is 0.703. The molecule has 0 aliphatic heterocycles. The number of amides is 1. The second-order valence-corrected chi connectivity index (χ2v) is 9.61. The summed E-state index contributed by atoms with van der Waals surface area (Å²) < 4.78 is 38.7. The molecule has 0 unspecified atom stereocenters. The van der Waals surface area contributed by atoms with E-state index in [1.807, 2.05) is 30.3 Å². The lowest BCUT2D eigenvalue weighted by Crippen LogP contribution is -2.39. The maximum absolute atomic E-state index is 13.5. The topological polar surface area (TPSA) is 109 Å². The molecule has 3 aromatic carbocycles. The van der Waals surface area contributed by atoms with Gasteiger partial charge in [-0.3, -0.25) is 4.79 Å². The van der Waals surface area contributed by atoms with Gasteiger partial charge in [-0.25, -0.2) is 8.42 Å². The number of hydrogen-bond donors (Lipinski definition) is 1. The van der Waals surface area contributed by atoms with E-state index in [4.69, 9.17) is 14.7 Å². The minimum atomic E-state index is -4.03. The fourth-order valence-electron chi connectivity index (χ4n) is 3.47. The second-order valence-electron chi connectivity index (χ2n) is 7.67. The van der Waals surface area contributed by atoms with Gasteiger partial charge in [-0.05, 0) is 41.8 Å².